The highest BCUT2D eigenvalue weighted by molar-refractivity contribution is 6.30. The van der Waals surface area contributed by atoms with Crippen molar-refractivity contribution in [3.63, 3.8) is 0 Å². The second-order valence-corrected chi connectivity index (χ2v) is 8.56. The summed E-state index contributed by atoms with van der Waals surface area (Å²) >= 11 is 5.97. The molecule has 0 aliphatic carbocycles. The molecule has 5 rings (SSSR count). The van der Waals surface area contributed by atoms with Crippen LogP contribution in [0.5, 0.6) is 0 Å². The molecule has 170 valence electrons. The summed E-state index contributed by atoms with van der Waals surface area (Å²) in [6.45, 7) is 3.31. The molecule has 0 radical (unpaired) electrons. The average Bonchev–Trinajstić information content (AvgIpc) is 3.24. The van der Waals surface area contributed by atoms with Crippen molar-refractivity contribution in [3.05, 3.63) is 69.2 Å². The summed E-state index contributed by atoms with van der Waals surface area (Å²) in [7, 11) is 3.50. The first-order valence-electron chi connectivity index (χ1n) is 10.5. The standard InChI is InChI=1S/C23H22ClFN6O2/c1-13-27-21-17(16-5-4-15(24)8-18(16)25)9-20(28-22(21)23(32)30(13)3)31-6-7-33-19(12-31)14-10-26-29(2)11-14/h4-5,8-11,19H,6-7,12H2,1-3H3. The molecular formula is C23H22ClFN6O2. The lowest BCUT2D eigenvalue weighted by Gasteiger charge is -2.33. The minimum atomic E-state index is -0.490. The van der Waals surface area contributed by atoms with Gasteiger partial charge in [0.05, 0.1) is 12.8 Å². The number of aromatic nitrogens is 5. The first-order valence-corrected chi connectivity index (χ1v) is 10.9. The smallest absolute Gasteiger partial charge is 0.279 e. The van der Waals surface area contributed by atoms with Gasteiger partial charge in [0, 0.05) is 55.1 Å². The third kappa shape index (κ3) is 3.87. The number of pyridine rings is 1. The fourth-order valence-electron chi connectivity index (χ4n) is 4.07. The van der Waals surface area contributed by atoms with Crippen molar-refractivity contribution in [1.29, 1.82) is 0 Å². The van der Waals surface area contributed by atoms with Gasteiger partial charge in [-0.1, -0.05) is 11.6 Å². The highest BCUT2D eigenvalue weighted by Gasteiger charge is 2.26. The van der Waals surface area contributed by atoms with Crippen molar-refractivity contribution in [2.24, 2.45) is 14.1 Å². The van der Waals surface area contributed by atoms with E-state index in [1.54, 1.807) is 43.0 Å². The molecule has 33 heavy (non-hydrogen) atoms. The first-order chi connectivity index (χ1) is 15.8. The van der Waals surface area contributed by atoms with Crippen LogP contribution in [0, 0.1) is 12.7 Å². The van der Waals surface area contributed by atoms with E-state index < -0.39 is 5.82 Å². The second kappa shape index (κ2) is 8.24. The number of nitrogens with zero attached hydrogens (tertiary/aromatic N) is 6. The third-order valence-electron chi connectivity index (χ3n) is 5.95. The minimum Gasteiger partial charge on any atom is -0.370 e. The Hall–Kier alpha value is -3.30. The van der Waals surface area contributed by atoms with Crippen LogP contribution in [0.4, 0.5) is 10.2 Å². The molecule has 0 N–H and O–H groups in total. The van der Waals surface area contributed by atoms with Gasteiger partial charge < -0.3 is 9.64 Å². The zero-order chi connectivity index (χ0) is 23.3. The maximum atomic E-state index is 14.9. The average molecular weight is 469 g/mol. The number of hydrogen-bond acceptors (Lipinski definition) is 6. The van der Waals surface area contributed by atoms with Gasteiger partial charge in [0.25, 0.3) is 5.56 Å². The number of halogens is 2. The zero-order valence-electron chi connectivity index (χ0n) is 18.4. The lowest BCUT2D eigenvalue weighted by atomic mass is 10.0. The number of morpholine rings is 1. The van der Waals surface area contributed by atoms with Crippen LogP contribution in [-0.4, -0.2) is 44.0 Å². The highest BCUT2D eigenvalue weighted by Crippen LogP contribution is 2.34. The lowest BCUT2D eigenvalue weighted by molar-refractivity contribution is 0.0395. The first kappa shape index (κ1) is 21.5. The van der Waals surface area contributed by atoms with E-state index in [4.69, 9.17) is 16.3 Å². The van der Waals surface area contributed by atoms with E-state index in [-0.39, 0.29) is 17.2 Å². The number of aryl methyl sites for hydroxylation is 2. The molecule has 1 aromatic carbocycles. The predicted octanol–water partition coefficient (Wildman–Crippen LogP) is 3.41. The molecule has 1 unspecified atom stereocenters. The Balaban J connectivity index is 1.67. The van der Waals surface area contributed by atoms with Crippen LogP contribution in [0.25, 0.3) is 22.2 Å². The number of hydrogen-bond donors (Lipinski definition) is 0. The Morgan fingerprint density at radius 3 is 2.70 bits per heavy atom. The van der Waals surface area contributed by atoms with Crippen LogP contribution in [0.2, 0.25) is 5.02 Å². The summed E-state index contributed by atoms with van der Waals surface area (Å²) in [6.07, 6.45) is 3.50. The van der Waals surface area contributed by atoms with Gasteiger partial charge in [0.15, 0.2) is 5.52 Å². The largest absolute Gasteiger partial charge is 0.370 e. The molecule has 10 heteroatoms. The highest BCUT2D eigenvalue weighted by atomic mass is 35.5. The van der Waals surface area contributed by atoms with E-state index in [0.29, 0.717) is 53.0 Å². The van der Waals surface area contributed by atoms with Gasteiger partial charge in [-0.15, -0.1) is 0 Å². The van der Waals surface area contributed by atoms with Gasteiger partial charge in [-0.3, -0.25) is 14.0 Å². The quantitative estimate of drug-likeness (QED) is 0.458. The molecular weight excluding hydrogens is 447 g/mol. The van der Waals surface area contributed by atoms with Crippen molar-refractivity contribution in [3.8, 4) is 11.1 Å². The van der Waals surface area contributed by atoms with Crippen molar-refractivity contribution < 1.29 is 9.13 Å². The van der Waals surface area contributed by atoms with Crippen LogP contribution in [0.1, 0.15) is 17.5 Å². The molecule has 3 aromatic heterocycles. The van der Waals surface area contributed by atoms with E-state index in [2.05, 4.69) is 15.1 Å². The predicted molar refractivity (Wildman–Crippen MR) is 124 cm³/mol. The summed E-state index contributed by atoms with van der Waals surface area (Å²) in [5.41, 5.74) is 2.03. The summed E-state index contributed by atoms with van der Waals surface area (Å²) in [5, 5.41) is 4.52. The SMILES string of the molecule is Cc1nc2c(-c3ccc(Cl)cc3F)cc(N3CCOC(c4cnn(C)c4)C3)nc2c(=O)n1C. The fourth-order valence-corrected chi connectivity index (χ4v) is 4.23. The van der Waals surface area contributed by atoms with E-state index >= 15 is 0 Å². The molecule has 1 fully saturated rings. The Labute approximate surface area is 194 Å². The molecule has 0 spiro atoms. The number of fused-ring (bicyclic) bond motifs is 1. The summed E-state index contributed by atoms with van der Waals surface area (Å²) < 4.78 is 24.1. The van der Waals surface area contributed by atoms with Crippen molar-refractivity contribution in [2.75, 3.05) is 24.6 Å². The molecule has 0 amide bonds. The van der Waals surface area contributed by atoms with E-state index in [9.17, 15) is 9.18 Å². The van der Waals surface area contributed by atoms with Gasteiger partial charge >= 0.3 is 0 Å². The molecule has 1 atom stereocenters. The van der Waals surface area contributed by atoms with E-state index in [1.807, 2.05) is 18.1 Å². The van der Waals surface area contributed by atoms with E-state index in [1.165, 1.54) is 10.6 Å². The molecule has 8 nitrogen and oxygen atoms in total. The minimum absolute atomic E-state index is 0.189. The topological polar surface area (TPSA) is 78.1 Å². The Bertz CT molecular complexity index is 1430. The number of anilines is 1. The number of benzene rings is 1. The molecule has 1 aliphatic rings. The van der Waals surface area contributed by atoms with Gasteiger partial charge in [-0.05, 0) is 31.2 Å². The van der Waals surface area contributed by atoms with E-state index in [0.717, 1.165) is 5.56 Å². The summed E-state index contributed by atoms with van der Waals surface area (Å²) in [5.74, 6) is 0.587. The summed E-state index contributed by atoms with van der Waals surface area (Å²) in [6, 6.07) is 6.26. The maximum Gasteiger partial charge on any atom is 0.279 e. The Morgan fingerprint density at radius 1 is 1.15 bits per heavy atom. The monoisotopic (exact) mass is 468 g/mol. The Kier molecular flexibility index (Phi) is 5.38. The van der Waals surface area contributed by atoms with Crippen LogP contribution >= 0.6 is 11.6 Å². The van der Waals surface area contributed by atoms with Gasteiger partial charge in [0.2, 0.25) is 0 Å². The van der Waals surface area contributed by atoms with Gasteiger partial charge in [-0.2, -0.15) is 5.10 Å². The maximum absolute atomic E-state index is 14.9. The van der Waals surface area contributed by atoms with Gasteiger partial charge in [0.1, 0.15) is 29.1 Å². The van der Waals surface area contributed by atoms with Crippen molar-refractivity contribution in [1.82, 2.24) is 24.3 Å². The molecule has 4 heterocycles. The summed E-state index contributed by atoms with van der Waals surface area (Å²) in [4.78, 5) is 24.4. The molecule has 4 aromatic rings. The molecule has 0 saturated carbocycles. The lowest BCUT2D eigenvalue weighted by Crippen LogP contribution is -2.39. The third-order valence-corrected chi connectivity index (χ3v) is 6.19. The number of rotatable bonds is 3. The fraction of sp³-hybridized carbons (Fsp3) is 0.304. The molecule has 0 bridgehead atoms. The normalized spacial score (nSPS) is 16.5. The van der Waals surface area contributed by atoms with Crippen LogP contribution < -0.4 is 10.5 Å². The number of ether oxygens (including phenoxy) is 1. The van der Waals surface area contributed by atoms with Gasteiger partial charge in [-0.25, -0.2) is 14.4 Å². The molecule has 1 saturated heterocycles. The van der Waals surface area contributed by atoms with Crippen molar-refractivity contribution >= 4 is 28.5 Å². The van der Waals surface area contributed by atoms with Crippen molar-refractivity contribution in [2.45, 2.75) is 13.0 Å². The second-order valence-electron chi connectivity index (χ2n) is 8.13. The Morgan fingerprint density at radius 2 is 1.97 bits per heavy atom. The van der Waals surface area contributed by atoms with Crippen LogP contribution in [0.3, 0.4) is 0 Å². The molecule has 1 aliphatic heterocycles. The van der Waals surface area contributed by atoms with Crippen LogP contribution in [0.15, 0.2) is 41.5 Å². The van der Waals surface area contributed by atoms with Crippen LogP contribution in [-0.2, 0) is 18.8 Å². The zero-order valence-corrected chi connectivity index (χ0v) is 19.2.